The zero-order valence-electron chi connectivity index (χ0n) is 6.28. The third-order valence-corrected chi connectivity index (χ3v) is 3.41. The second-order valence-electron chi connectivity index (χ2n) is 3.50. The molecule has 0 aromatic rings. The first-order chi connectivity index (χ1) is 4.16. The minimum absolute atomic E-state index is 0.661. The van der Waals surface area contributed by atoms with Crippen LogP contribution in [0.25, 0.3) is 0 Å². The normalized spacial score (nSPS) is 43.7. The van der Waals surface area contributed by atoms with E-state index in [0.29, 0.717) is 5.41 Å². The highest BCUT2D eigenvalue weighted by Gasteiger charge is 2.31. The van der Waals surface area contributed by atoms with Crippen LogP contribution < -0.4 is 0 Å². The Bertz CT molecular complexity index is 101. The Morgan fingerprint density at radius 2 is 2.33 bits per heavy atom. The summed E-state index contributed by atoms with van der Waals surface area (Å²) in [7, 11) is 0. The minimum Gasteiger partial charge on any atom is -0.0890 e. The maximum absolute atomic E-state index is 3.65. The van der Waals surface area contributed by atoms with Gasteiger partial charge in [0.1, 0.15) is 0 Å². The van der Waals surface area contributed by atoms with Crippen molar-refractivity contribution in [2.45, 2.75) is 44.4 Å². The lowest BCUT2D eigenvalue weighted by Crippen LogP contribution is -2.09. The largest absolute Gasteiger partial charge is 0.0890 e. The van der Waals surface area contributed by atoms with Crippen molar-refractivity contribution >= 4 is 15.9 Å². The number of alkyl halides is 1. The van der Waals surface area contributed by atoms with Crippen molar-refractivity contribution in [2.75, 3.05) is 0 Å². The van der Waals surface area contributed by atoms with Crippen LogP contribution in [0, 0.1) is 5.41 Å². The van der Waals surface area contributed by atoms with Crippen molar-refractivity contribution in [3.63, 3.8) is 0 Å². The Kier molecular flexibility index (Phi) is 2.20. The molecule has 1 heteroatoms. The van der Waals surface area contributed by atoms with Crippen LogP contribution in [-0.4, -0.2) is 4.83 Å². The zero-order chi connectivity index (χ0) is 6.91. The topological polar surface area (TPSA) is 0 Å². The van der Waals surface area contributed by atoms with Crippen molar-refractivity contribution in [1.82, 2.24) is 0 Å². The highest BCUT2D eigenvalue weighted by molar-refractivity contribution is 9.09. The molecule has 1 aliphatic carbocycles. The number of hydrogen-bond donors (Lipinski definition) is 0. The lowest BCUT2D eigenvalue weighted by Gasteiger charge is -2.20. The molecule has 0 heterocycles. The summed E-state index contributed by atoms with van der Waals surface area (Å²) in [6.45, 7) is 4.69. The van der Waals surface area contributed by atoms with E-state index >= 15 is 0 Å². The van der Waals surface area contributed by atoms with E-state index in [0.717, 1.165) is 4.83 Å². The van der Waals surface area contributed by atoms with E-state index in [9.17, 15) is 0 Å². The van der Waals surface area contributed by atoms with Crippen LogP contribution in [-0.2, 0) is 0 Å². The fourth-order valence-corrected chi connectivity index (χ4v) is 2.58. The highest BCUT2D eigenvalue weighted by atomic mass is 79.9. The first kappa shape index (κ1) is 7.59. The molecule has 0 aromatic heterocycles. The summed E-state index contributed by atoms with van der Waals surface area (Å²) in [5, 5.41) is 0. The molecule has 2 unspecified atom stereocenters. The molecule has 0 aromatic carbocycles. The van der Waals surface area contributed by atoms with Crippen LogP contribution >= 0.6 is 15.9 Å². The van der Waals surface area contributed by atoms with Gasteiger partial charge in [-0.1, -0.05) is 36.2 Å². The lowest BCUT2D eigenvalue weighted by atomic mass is 9.86. The first-order valence-electron chi connectivity index (χ1n) is 3.80. The Hall–Kier alpha value is 0.480. The van der Waals surface area contributed by atoms with Crippen LogP contribution in [0.4, 0.5) is 0 Å². The van der Waals surface area contributed by atoms with E-state index in [-0.39, 0.29) is 0 Å². The molecule has 1 rings (SSSR count). The molecule has 0 bridgehead atoms. The molecule has 0 amide bonds. The lowest BCUT2D eigenvalue weighted by molar-refractivity contribution is 0.325. The van der Waals surface area contributed by atoms with Crippen molar-refractivity contribution in [3.8, 4) is 0 Å². The highest BCUT2D eigenvalue weighted by Crippen LogP contribution is 2.43. The summed E-state index contributed by atoms with van der Waals surface area (Å²) in [6.07, 6.45) is 5.52. The molecular weight excluding hydrogens is 176 g/mol. The van der Waals surface area contributed by atoms with E-state index in [1.807, 2.05) is 0 Å². The van der Waals surface area contributed by atoms with Crippen molar-refractivity contribution in [2.24, 2.45) is 5.41 Å². The molecule has 0 saturated heterocycles. The third kappa shape index (κ3) is 1.70. The molecule has 0 radical (unpaired) electrons. The van der Waals surface area contributed by atoms with Gasteiger partial charge >= 0.3 is 0 Å². The van der Waals surface area contributed by atoms with Crippen molar-refractivity contribution in [1.29, 1.82) is 0 Å². The van der Waals surface area contributed by atoms with E-state index in [4.69, 9.17) is 0 Å². The van der Waals surface area contributed by atoms with Gasteiger partial charge in [-0.25, -0.2) is 0 Å². The SMILES string of the molecule is CCC1(C)CCC(Br)C1. The van der Waals surface area contributed by atoms with Crippen LogP contribution in [0.3, 0.4) is 0 Å². The van der Waals surface area contributed by atoms with Gasteiger partial charge < -0.3 is 0 Å². The Morgan fingerprint density at radius 1 is 1.67 bits per heavy atom. The predicted octanol–water partition coefficient (Wildman–Crippen LogP) is 3.35. The summed E-state index contributed by atoms with van der Waals surface area (Å²) >= 11 is 3.65. The molecule has 0 spiro atoms. The molecular formula is C8H15Br. The van der Waals surface area contributed by atoms with E-state index in [1.54, 1.807) is 0 Å². The fraction of sp³-hybridized carbons (Fsp3) is 1.00. The van der Waals surface area contributed by atoms with Gasteiger partial charge in [-0.15, -0.1) is 0 Å². The molecule has 9 heavy (non-hydrogen) atoms. The molecule has 2 atom stereocenters. The van der Waals surface area contributed by atoms with Gasteiger partial charge in [-0.3, -0.25) is 0 Å². The number of hydrogen-bond acceptors (Lipinski definition) is 0. The Balaban J connectivity index is 2.45. The Labute approximate surface area is 66.2 Å². The van der Waals surface area contributed by atoms with E-state index < -0.39 is 0 Å². The van der Waals surface area contributed by atoms with Gasteiger partial charge in [0.05, 0.1) is 0 Å². The van der Waals surface area contributed by atoms with E-state index in [2.05, 4.69) is 29.8 Å². The number of rotatable bonds is 1. The quantitative estimate of drug-likeness (QED) is 0.557. The third-order valence-electron chi connectivity index (χ3n) is 2.63. The van der Waals surface area contributed by atoms with Crippen LogP contribution in [0.2, 0.25) is 0 Å². The van der Waals surface area contributed by atoms with Gasteiger partial charge in [0, 0.05) is 4.83 Å². The standard InChI is InChI=1S/C8H15Br/c1-3-8(2)5-4-7(9)6-8/h7H,3-6H2,1-2H3. The molecule has 54 valence electrons. The van der Waals surface area contributed by atoms with Crippen molar-refractivity contribution < 1.29 is 0 Å². The van der Waals surface area contributed by atoms with E-state index in [1.165, 1.54) is 25.7 Å². The van der Waals surface area contributed by atoms with Crippen LogP contribution in [0.5, 0.6) is 0 Å². The second-order valence-corrected chi connectivity index (χ2v) is 4.80. The summed E-state index contributed by atoms with van der Waals surface area (Å²) in [5.74, 6) is 0. The zero-order valence-corrected chi connectivity index (χ0v) is 7.87. The van der Waals surface area contributed by atoms with Crippen LogP contribution in [0.1, 0.15) is 39.5 Å². The second kappa shape index (κ2) is 2.61. The molecule has 1 saturated carbocycles. The van der Waals surface area contributed by atoms with Gasteiger partial charge in [-0.2, -0.15) is 0 Å². The molecule has 0 N–H and O–H groups in total. The van der Waals surface area contributed by atoms with Crippen molar-refractivity contribution in [3.05, 3.63) is 0 Å². The molecule has 1 aliphatic rings. The summed E-state index contributed by atoms with van der Waals surface area (Å²) in [4.78, 5) is 0.808. The van der Waals surface area contributed by atoms with Gasteiger partial charge in [0.2, 0.25) is 0 Å². The fourth-order valence-electron chi connectivity index (χ4n) is 1.57. The van der Waals surface area contributed by atoms with Crippen LogP contribution in [0.15, 0.2) is 0 Å². The molecule has 1 fully saturated rings. The monoisotopic (exact) mass is 190 g/mol. The maximum Gasteiger partial charge on any atom is 0.0151 e. The average Bonchev–Trinajstić information content (AvgIpc) is 2.13. The van der Waals surface area contributed by atoms with Gasteiger partial charge in [0.25, 0.3) is 0 Å². The van der Waals surface area contributed by atoms with Gasteiger partial charge in [0.15, 0.2) is 0 Å². The summed E-state index contributed by atoms with van der Waals surface area (Å²) < 4.78 is 0. The maximum atomic E-state index is 3.65. The average molecular weight is 191 g/mol. The summed E-state index contributed by atoms with van der Waals surface area (Å²) in [5.41, 5.74) is 0.661. The number of halogens is 1. The summed E-state index contributed by atoms with van der Waals surface area (Å²) in [6, 6.07) is 0. The Morgan fingerprint density at radius 3 is 2.56 bits per heavy atom. The molecule has 0 aliphatic heterocycles. The smallest absolute Gasteiger partial charge is 0.0151 e. The molecule has 0 nitrogen and oxygen atoms in total. The predicted molar refractivity (Wildman–Crippen MR) is 45.0 cm³/mol. The minimum atomic E-state index is 0.661. The first-order valence-corrected chi connectivity index (χ1v) is 4.72. The van der Waals surface area contributed by atoms with Gasteiger partial charge in [-0.05, 0) is 24.7 Å².